The molecule has 2 rings (SSSR count). The van der Waals surface area contributed by atoms with Crippen molar-refractivity contribution in [2.75, 3.05) is 10.7 Å². The first kappa shape index (κ1) is 14.6. The SMILES string of the molecule is Cc1ccc(Br)c(NC(=O)c2ccc(NN)cc2C)c1. The molecule has 0 spiro atoms. The Morgan fingerprint density at radius 1 is 1.15 bits per heavy atom. The first-order valence-corrected chi connectivity index (χ1v) is 6.95. The summed E-state index contributed by atoms with van der Waals surface area (Å²) in [6, 6.07) is 11.2. The molecule has 2 aromatic rings. The zero-order chi connectivity index (χ0) is 14.7. The van der Waals surface area contributed by atoms with Crippen LogP contribution in [0.3, 0.4) is 0 Å². The number of nitrogens with two attached hydrogens (primary N) is 1. The first-order chi connectivity index (χ1) is 9.51. The minimum absolute atomic E-state index is 0.141. The van der Waals surface area contributed by atoms with Crippen molar-refractivity contribution in [3.63, 3.8) is 0 Å². The van der Waals surface area contributed by atoms with Crippen LogP contribution in [0.1, 0.15) is 21.5 Å². The molecule has 2 aromatic carbocycles. The van der Waals surface area contributed by atoms with Crippen LogP contribution in [0.4, 0.5) is 11.4 Å². The first-order valence-electron chi connectivity index (χ1n) is 6.16. The number of nitrogens with one attached hydrogen (secondary N) is 2. The predicted molar refractivity (Wildman–Crippen MR) is 85.8 cm³/mol. The minimum atomic E-state index is -0.141. The highest BCUT2D eigenvalue weighted by molar-refractivity contribution is 9.10. The Morgan fingerprint density at radius 3 is 2.55 bits per heavy atom. The van der Waals surface area contributed by atoms with Gasteiger partial charge in [-0.2, -0.15) is 0 Å². The third-order valence-corrected chi connectivity index (χ3v) is 3.70. The van der Waals surface area contributed by atoms with E-state index in [1.54, 1.807) is 12.1 Å². The third-order valence-electron chi connectivity index (χ3n) is 3.01. The summed E-state index contributed by atoms with van der Waals surface area (Å²) in [5.41, 5.74) is 6.67. The van der Waals surface area contributed by atoms with Crippen molar-refractivity contribution in [3.05, 3.63) is 57.6 Å². The van der Waals surface area contributed by atoms with Crippen LogP contribution in [0.2, 0.25) is 0 Å². The molecule has 0 aromatic heterocycles. The van der Waals surface area contributed by atoms with Gasteiger partial charge in [-0.3, -0.25) is 10.6 Å². The fraction of sp³-hybridized carbons (Fsp3) is 0.133. The minimum Gasteiger partial charge on any atom is -0.324 e. The van der Waals surface area contributed by atoms with Gasteiger partial charge >= 0.3 is 0 Å². The van der Waals surface area contributed by atoms with E-state index < -0.39 is 0 Å². The lowest BCUT2D eigenvalue weighted by Gasteiger charge is -2.11. The van der Waals surface area contributed by atoms with E-state index in [9.17, 15) is 4.79 Å². The van der Waals surface area contributed by atoms with Gasteiger partial charge in [0.05, 0.1) is 5.69 Å². The largest absolute Gasteiger partial charge is 0.324 e. The van der Waals surface area contributed by atoms with Gasteiger partial charge in [-0.1, -0.05) is 6.07 Å². The zero-order valence-corrected chi connectivity index (χ0v) is 12.9. The number of hydrazine groups is 1. The van der Waals surface area contributed by atoms with E-state index >= 15 is 0 Å². The number of hydrogen-bond donors (Lipinski definition) is 3. The number of halogens is 1. The van der Waals surface area contributed by atoms with Gasteiger partial charge in [0.2, 0.25) is 0 Å². The normalized spacial score (nSPS) is 10.2. The fourth-order valence-electron chi connectivity index (χ4n) is 1.93. The van der Waals surface area contributed by atoms with Gasteiger partial charge in [-0.15, -0.1) is 0 Å². The maximum Gasteiger partial charge on any atom is 0.255 e. The highest BCUT2D eigenvalue weighted by atomic mass is 79.9. The second kappa shape index (κ2) is 6.07. The van der Waals surface area contributed by atoms with Crippen molar-refractivity contribution < 1.29 is 4.79 Å². The van der Waals surface area contributed by atoms with Crippen molar-refractivity contribution >= 4 is 33.2 Å². The van der Waals surface area contributed by atoms with Crippen LogP contribution in [0.5, 0.6) is 0 Å². The van der Waals surface area contributed by atoms with Crippen LogP contribution >= 0.6 is 15.9 Å². The van der Waals surface area contributed by atoms with E-state index in [2.05, 4.69) is 26.7 Å². The molecule has 1 amide bonds. The number of benzene rings is 2. The summed E-state index contributed by atoms with van der Waals surface area (Å²) in [5.74, 6) is 5.21. The predicted octanol–water partition coefficient (Wildman–Crippen LogP) is 3.60. The third kappa shape index (κ3) is 3.18. The molecular formula is C15H16BrN3O. The second-order valence-electron chi connectivity index (χ2n) is 4.61. The van der Waals surface area contributed by atoms with Gasteiger partial charge in [-0.05, 0) is 71.2 Å². The molecule has 0 bridgehead atoms. The summed E-state index contributed by atoms with van der Waals surface area (Å²) >= 11 is 3.43. The van der Waals surface area contributed by atoms with E-state index in [0.717, 1.165) is 27.0 Å². The molecule has 0 unspecified atom stereocenters. The highest BCUT2D eigenvalue weighted by Gasteiger charge is 2.11. The molecule has 0 aliphatic heterocycles. The number of aryl methyl sites for hydroxylation is 2. The Balaban J connectivity index is 2.26. The number of carbonyl (C=O) groups excluding carboxylic acids is 1. The average Bonchev–Trinajstić information content (AvgIpc) is 2.42. The van der Waals surface area contributed by atoms with Crippen molar-refractivity contribution in [1.29, 1.82) is 0 Å². The summed E-state index contributed by atoms with van der Waals surface area (Å²) < 4.78 is 0.856. The molecule has 0 saturated carbocycles. The number of carbonyl (C=O) groups is 1. The second-order valence-corrected chi connectivity index (χ2v) is 5.47. The van der Waals surface area contributed by atoms with E-state index in [1.807, 2.05) is 38.1 Å². The maximum atomic E-state index is 12.3. The number of nitrogen functional groups attached to an aromatic ring is 1. The molecule has 0 radical (unpaired) electrons. The van der Waals surface area contributed by atoms with Gasteiger partial charge in [-0.25, -0.2) is 0 Å². The molecule has 0 saturated heterocycles. The summed E-state index contributed by atoms with van der Waals surface area (Å²) in [6.45, 7) is 3.86. The lowest BCUT2D eigenvalue weighted by Crippen LogP contribution is -2.14. The highest BCUT2D eigenvalue weighted by Crippen LogP contribution is 2.24. The Hall–Kier alpha value is -1.85. The van der Waals surface area contributed by atoms with Crippen LogP contribution in [0.15, 0.2) is 40.9 Å². The average molecular weight is 334 g/mol. The van der Waals surface area contributed by atoms with E-state index in [-0.39, 0.29) is 5.91 Å². The monoisotopic (exact) mass is 333 g/mol. The van der Waals surface area contributed by atoms with Crippen LogP contribution in [0, 0.1) is 13.8 Å². The van der Waals surface area contributed by atoms with Crippen LogP contribution in [-0.4, -0.2) is 5.91 Å². The molecule has 0 aliphatic carbocycles. The Labute approximate surface area is 126 Å². The van der Waals surface area contributed by atoms with Gasteiger partial charge < -0.3 is 10.7 Å². The molecule has 0 aliphatic rings. The molecule has 4 nitrogen and oxygen atoms in total. The van der Waals surface area contributed by atoms with Crippen molar-refractivity contribution in [1.82, 2.24) is 0 Å². The van der Waals surface area contributed by atoms with Crippen molar-refractivity contribution in [2.45, 2.75) is 13.8 Å². The van der Waals surface area contributed by atoms with E-state index in [4.69, 9.17) is 5.84 Å². The standard InChI is InChI=1S/C15H16BrN3O/c1-9-3-6-13(16)14(7-9)18-15(20)12-5-4-11(19-17)8-10(12)2/h3-8,19H,17H2,1-2H3,(H,18,20). The Kier molecular flexibility index (Phi) is 4.42. The topological polar surface area (TPSA) is 67.2 Å². The van der Waals surface area contributed by atoms with Crippen LogP contribution in [-0.2, 0) is 0 Å². The lowest BCUT2D eigenvalue weighted by atomic mass is 10.1. The van der Waals surface area contributed by atoms with Crippen LogP contribution < -0.4 is 16.6 Å². The molecule has 0 fully saturated rings. The van der Waals surface area contributed by atoms with Crippen molar-refractivity contribution in [3.8, 4) is 0 Å². The summed E-state index contributed by atoms with van der Waals surface area (Å²) in [7, 11) is 0. The van der Waals surface area contributed by atoms with Crippen molar-refractivity contribution in [2.24, 2.45) is 5.84 Å². The quantitative estimate of drug-likeness (QED) is 0.593. The number of hydrogen-bond acceptors (Lipinski definition) is 3. The summed E-state index contributed by atoms with van der Waals surface area (Å²) in [4.78, 5) is 12.3. The van der Waals surface area contributed by atoms with E-state index in [0.29, 0.717) is 5.56 Å². The van der Waals surface area contributed by atoms with Gasteiger partial charge in [0.25, 0.3) is 5.91 Å². The Bertz CT molecular complexity index is 656. The number of rotatable bonds is 3. The maximum absolute atomic E-state index is 12.3. The number of anilines is 2. The summed E-state index contributed by atoms with van der Waals surface area (Å²) in [6.07, 6.45) is 0. The Morgan fingerprint density at radius 2 is 1.90 bits per heavy atom. The van der Waals surface area contributed by atoms with E-state index in [1.165, 1.54) is 0 Å². The molecular weight excluding hydrogens is 318 g/mol. The molecule has 0 atom stereocenters. The lowest BCUT2D eigenvalue weighted by molar-refractivity contribution is 0.102. The molecule has 104 valence electrons. The summed E-state index contributed by atoms with van der Waals surface area (Å²) in [5, 5.41) is 2.91. The van der Waals surface area contributed by atoms with Gasteiger partial charge in [0.15, 0.2) is 0 Å². The smallest absolute Gasteiger partial charge is 0.255 e. The fourth-order valence-corrected chi connectivity index (χ4v) is 2.28. The molecule has 20 heavy (non-hydrogen) atoms. The molecule has 4 N–H and O–H groups in total. The molecule has 5 heteroatoms. The number of amides is 1. The van der Waals surface area contributed by atoms with Gasteiger partial charge in [0.1, 0.15) is 0 Å². The molecule has 0 heterocycles. The van der Waals surface area contributed by atoms with Crippen LogP contribution in [0.25, 0.3) is 0 Å². The van der Waals surface area contributed by atoms with Gasteiger partial charge in [0, 0.05) is 15.7 Å². The zero-order valence-electron chi connectivity index (χ0n) is 11.3.